The lowest BCUT2D eigenvalue weighted by Gasteiger charge is -2.09. The predicted octanol–water partition coefficient (Wildman–Crippen LogP) is 3.69. The smallest absolute Gasteiger partial charge is 0.125 e. The molecule has 0 aliphatic heterocycles. The minimum Gasteiger partial charge on any atom is -0.508 e. The summed E-state index contributed by atoms with van der Waals surface area (Å²) in [6.45, 7) is 0. The Labute approximate surface area is 134 Å². The summed E-state index contributed by atoms with van der Waals surface area (Å²) in [5.74, 6) is 3.49. The number of nitrogens with zero attached hydrogens (tertiary/aromatic N) is 2. The number of anilines is 1. The summed E-state index contributed by atoms with van der Waals surface area (Å²) in [5.41, 5.74) is 3.39. The predicted molar refractivity (Wildman–Crippen MR) is 94.1 cm³/mol. The second kappa shape index (κ2) is 6.20. The number of hydrogen-bond acceptors (Lipinski definition) is 4. The van der Waals surface area contributed by atoms with Crippen molar-refractivity contribution in [3.8, 4) is 29.2 Å². The van der Waals surface area contributed by atoms with E-state index < -0.39 is 0 Å². The molecule has 0 aliphatic rings. The molecule has 2 heterocycles. The number of allylic oxidation sites excluding steroid dienone is 1. The number of pyridine rings is 2. The van der Waals surface area contributed by atoms with Crippen LogP contribution in [0.15, 0.2) is 48.7 Å². The van der Waals surface area contributed by atoms with E-state index in [1.807, 2.05) is 25.2 Å². The van der Waals surface area contributed by atoms with Crippen molar-refractivity contribution in [3.63, 3.8) is 0 Å². The fourth-order valence-corrected chi connectivity index (χ4v) is 2.37. The lowest BCUT2D eigenvalue weighted by molar-refractivity contribution is 0.476. The first-order chi connectivity index (χ1) is 11.2. The summed E-state index contributed by atoms with van der Waals surface area (Å²) in [6, 6.07) is 10.9. The highest BCUT2D eigenvalue weighted by molar-refractivity contribution is 5.88. The first-order valence-corrected chi connectivity index (χ1v) is 7.12. The molecular weight excluding hydrogens is 285 g/mol. The number of fused-ring (bicyclic) bond motifs is 1. The number of nitrogens with one attached hydrogen (secondary N) is 1. The maximum Gasteiger partial charge on any atom is 0.125 e. The fraction of sp³-hybridized carbons (Fsp3) is 0.0526. The first kappa shape index (κ1) is 14.6. The summed E-state index contributed by atoms with van der Waals surface area (Å²) < 4.78 is 0. The van der Waals surface area contributed by atoms with E-state index in [0.29, 0.717) is 0 Å². The number of aromatic nitrogens is 2. The van der Waals surface area contributed by atoms with Crippen molar-refractivity contribution < 1.29 is 5.11 Å². The Kier molecular flexibility index (Phi) is 3.94. The highest BCUT2D eigenvalue weighted by Crippen LogP contribution is 2.29. The van der Waals surface area contributed by atoms with Gasteiger partial charge in [0.25, 0.3) is 0 Å². The van der Waals surface area contributed by atoms with Crippen molar-refractivity contribution in [3.05, 3.63) is 54.4 Å². The monoisotopic (exact) mass is 300 g/mol. The molecule has 0 radical (unpaired) electrons. The van der Waals surface area contributed by atoms with Gasteiger partial charge in [-0.15, -0.1) is 6.42 Å². The van der Waals surface area contributed by atoms with E-state index in [2.05, 4.69) is 21.2 Å². The molecule has 0 saturated heterocycles. The topological polar surface area (TPSA) is 58.0 Å². The number of terminal acetylenes is 1. The highest BCUT2D eigenvalue weighted by Gasteiger charge is 2.08. The summed E-state index contributed by atoms with van der Waals surface area (Å²) in [5, 5.41) is 13.5. The maximum absolute atomic E-state index is 9.68. The third kappa shape index (κ3) is 2.99. The second-order valence-corrected chi connectivity index (χ2v) is 4.98. The zero-order chi connectivity index (χ0) is 16.2. The summed E-state index contributed by atoms with van der Waals surface area (Å²) >= 11 is 0. The molecule has 0 fully saturated rings. The number of rotatable bonds is 3. The average Bonchev–Trinajstić information content (AvgIpc) is 2.59. The molecule has 2 aromatic heterocycles. The lowest BCUT2D eigenvalue weighted by Crippen LogP contribution is -1.94. The molecule has 23 heavy (non-hydrogen) atoms. The molecule has 1 aromatic carbocycles. The Balaban J connectivity index is 2.22. The van der Waals surface area contributed by atoms with Gasteiger partial charge in [0.05, 0.1) is 11.2 Å². The van der Waals surface area contributed by atoms with Crippen molar-refractivity contribution >= 4 is 22.8 Å². The highest BCUT2D eigenvalue weighted by atomic mass is 16.3. The van der Waals surface area contributed by atoms with Gasteiger partial charge in [-0.2, -0.15) is 0 Å². The van der Waals surface area contributed by atoms with Gasteiger partial charge >= 0.3 is 0 Å². The molecule has 0 bridgehead atoms. The van der Waals surface area contributed by atoms with Crippen LogP contribution in [0.3, 0.4) is 0 Å². The molecule has 3 aromatic rings. The van der Waals surface area contributed by atoms with Gasteiger partial charge in [0.15, 0.2) is 0 Å². The van der Waals surface area contributed by atoms with Crippen LogP contribution in [0.1, 0.15) is 5.69 Å². The number of phenols is 1. The molecule has 0 unspecified atom stereocenters. The molecule has 0 amide bonds. The third-order valence-corrected chi connectivity index (χ3v) is 3.50. The van der Waals surface area contributed by atoms with Crippen LogP contribution in [0.5, 0.6) is 5.75 Å². The van der Waals surface area contributed by atoms with Crippen LogP contribution in [0.25, 0.3) is 28.1 Å². The van der Waals surface area contributed by atoms with Crippen LogP contribution < -0.4 is 5.32 Å². The molecule has 2 N–H and O–H groups in total. The van der Waals surface area contributed by atoms with Gasteiger partial charge in [0.2, 0.25) is 0 Å². The van der Waals surface area contributed by atoms with Crippen molar-refractivity contribution in [1.82, 2.24) is 9.97 Å². The van der Waals surface area contributed by atoms with E-state index in [1.54, 1.807) is 36.5 Å². The van der Waals surface area contributed by atoms with E-state index in [1.165, 1.54) is 0 Å². The van der Waals surface area contributed by atoms with Gasteiger partial charge in [0, 0.05) is 29.8 Å². The minimum absolute atomic E-state index is 0.209. The van der Waals surface area contributed by atoms with Gasteiger partial charge < -0.3 is 10.4 Å². The number of aromatic hydroxyl groups is 1. The zero-order valence-electron chi connectivity index (χ0n) is 12.6. The normalized spacial score (nSPS) is 10.8. The Hall–Kier alpha value is -3.32. The van der Waals surface area contributed by atoms with Gasteiger partial charge in [-0.25, -0.2) is 9.97 Å². The Bertz CT molecular complexity index is 922. The van der Waals surface area contributed by atoms with E-state index in [-0.39, 0.29) is 5.75 Å². The van der Waals surface area contributed by atoms with Crippen molar-refractivity contribution in [1.29, 1.82) is 0 Å². The summed E-state index contributed by atoms with van der Waals surface area (Å²) in [7, 11) is 1.82. The molecule has 112 valence electrons. The van der Waals surface area contributed by atoms with Crippen molar-refractivity contribution in [2.24, 2.45) is 0 Å². The maximum atomic E-state index is 9.68. The third-order valence-electron chi connectivity index (χ3n) is 3.50. The van der Waals surface area contributed by atoms with Crippen molar-refractivity contribution in [2.75, 3.05) is 12.4 Å². The summed E-state index contributed by atoms with van der Waals surface area (Å²) in [6.07, 6.45) is 10.5. The minimum atomic E-state index is 0.209. The molecule has 0 spiro atoms. The number of benzene rings is 1. The fourth-order valence-electron chi connectivity index (χ4n) is 2.37. The quantitative estimate of drug-likeness (QED) is 0.724. The Morgan fingerprint density at radius 2 is 2.09 bits per heavy atom. The van der Waals surface area contributed by atoms with Crippen LogP contribution in [-0.2, 0) is 0 Å². The largest absolute Gasteiger partial charge is 0.508 e. The first-order valence-electron chi connectivity index (χ1n) is 7.12. The van der Waals surface area contributed by atoms with Crippen molar-refractivity contribution in [2.45, 2.75) is 0 Å². The number of hydrogen-bond donors (Lipinski definition) is 2. The van der Waals surface area contributed by atoms with Gasteiger partial charge in [0.1, 0.15) is 11.6 Å². The molecule has 4 nitrogen and oxygen atoms in total. The van der Waals surface area contributed by atoms with Crippen LogP contribution in [0, 0.1) is 12.3 Å². The SMILES string of the molecule is C#CC=Cc1nc2ccc(O)cc2cc1-c1ccc(N[11CH3])nc1. The standard InChI is InChI=1S/C19H15N3O/c1-3-4-5-18-16(13-6-9-19(20-2)21-12-13)11-14-10-15(23)7-8-17(14)22-18/h1,4-12,23H,2H3,(H,20,21)/i2-1. The van der Waals surface area contributed by atoms with E-state index in [0.717, 1.165) is 33.5 Å². The van der Waals surface area contributed by atoms with Crippen LogP contribution >= 0.6 is 0 Å². The molecule has 3 rings (SSSR count). The number of phenolic OH excluding ortho intramolecular Hbond substituents is 1. The molecule has 0 atom stereocenters. The summed E-state index contributed by atoms with van der Waals surface area (Å²) in [4.78, 5) is 8.98. The Morgan fingerprint density at radius 3 is 2.78 bits per heavy atom. The van der Waals surface area contributed by atoms with Gasteiger partial charge in [-0.3, -0.25) is 0 Å². The average molecular weight is 300 g/mol. The lowest BCUT2D eigenvalue weighted by atomic mass is 10.0. The van der Waals surface area contributed by atoms with Crippen LogP contribution in [0.2, 0.25) is 0 Å². The van der Waals surface area contributed by atoms with Crippen LogP contribution in [0.4, 0.5) is 5.82 Å². The molecule has 4 heteroatoms. The molecular formula is C19H15N3O. The van der Waals surface area contributed by atoms with E-state index in [9.17, 15) is 5.11 Å². The van der Waals surface area contributed by atoms with E-state index >= 15 is 0 Å². The Morgan fingerprint density at radius 1 is 1.22 bits per heavy atom. The van der Waals surface area contributed by atoms with Crippen LogP contribution in [-0.4, -0.2) is 22.1 Å². The zero-order valence-corrected chi connectivity index (χ0v) is 12.6. The van der Waals surface area contributed by atoms with Gasteiger partial charge in [-0.1, -0.05) is 5.92 Å². The van der Waals surface area contributed by atoms with E-state index in [4.69, 9.17) is 6.42 Å². The second-order valence-electron chi connectivity index (χ2n) is 4.98. The van der Waals surface area contributed by atoms with Gasteiger partial charge in [-0.05, 0) is 48.6 Å². The molecule has 0 saturated carbocycles. The molecule has 0 aliphatic carbocycles.